The van der Waals surface area contributed by atoms with Crippen LogP contribution in [0.2, 0.25) is 0 Å². The van der Waals surface area contributed by atoms with Crippen LogP contribution >= 0.6 is 0 Å². The van der Waals surface area contributed by atoms with Crippen LogP contribution in [0.15, 0.2) is 36.7 Å². The van der Waals surface area contributed by atoms with Crippen LogP contribution in [-0.4, -0.2) is 15.1 Å². The molecule has 1 N–H and O–H groups in total. The van der Waals surface area contributed by atoms with Crippen LogP contribution < -0.4 is 4.74 Å². The molecule has 0 aliphatic carbocycles. The fourth-order valence-electron chi connectivity index (χ4n) is 1.31. The number of ether oxygens (including phenoxy) is 1. The molecule has 0 radical (unpaired) electrons. The zero-order valence-corrected chi connectivity index (χ0v) is 8.92. The molecule has 4 nitrogen and oxygen atoms in total. The molecule has 0 saturated heterocycles. The third-order valence-corrected chi connectivity index (χ3v) is 2.14. The Kier molecular flexibility index (Phi) is 3.12. The second-order valence-electron chi connectivity index (χ2n) is 3.33. The van der Waals surface area contributed by atoms with Gasteiger partial charge in [0.1, 0.15) is 11.5 Å². The van der Waals surface area contributed by atoms with Gasteiger partial charge in [-0.15, -0.1) is 0 Å². The Morgan fingerprint density at radius 2 is 2.12 bits per heavy atom. The molecule has 0 fully saturated rings. The number of hydrogen-bond donors (Lipinski definition) is 1. The maximum atomic E-state index is 8.95. The standard InChI is InChI=1S/C12H12N2O2/c1-9-12(3-2-5-13-9)16-11-4-6-14-10(7-11)8-15/h2-7,15H,8H2,1H3. The van der Waals surface area contributed by atoms with E-state index in [2.05, 4.69) is 9.97 Å². The predicted octanol–water partition coefficient (Wildman–Crippen LogP) is 2.07. The zero-order valence-electron chi connectivity index (χ0n) is 8.92. The van der Waals surface area contributed by atoms with E-state index in [1.54, 1.807) is 24.5 Å². The van der Waals surface area contributed by atoms with Gasteiger partial charge in [0.25, 0.3) is 0 Å². The van der Waals surface area contributed by atoms with Gasteiger partial charge < -0.3 is 9.84 Å². The first-order valence-electron chi connectivity index (χ1n) is 4.95. The minimum absolute atomic E-state index is 0.0940. The van der Waals surface area contributed by atoms with E-state index in [1.165, 1.54) is 0 Å². The first kappa shape index (κ1) is 10.6. The molecule has 0 aliphatic rings. The summed E-state index contributed by atoms with van der Waals surface area (Å²) in [5.74, 6) is 1.35. The highest BCUT2D eigenvalue weighted by atomic mass is 16.5. The van der Waals surface area contributed by atoms with E-state index in [1.807, 2.05) is 19.1 Å². The van der Waals surface area contributed by atoms with Crippen molar-refractivity contribution in [1.29, 1.82) is 0 Å². The van der Waals surface area contributed by atoms with Crippen LogP contribution in [0.4, 0.5) is 0 Å². The summed E-state index contributed by atoms with van der Waals surface area (Å²) in [6.45, 7) is 1.78. The number of aryl methyl sites for hydroxylation is 1. The zero-order chi connectivity index (χ0) is 11.4. The van der Waals surface area contributed by atoms with Crippen molar-refractivity contribution in [3.63, 3.8) is 0 Å². The van der Waals surface area contributed by atoms with E-state index in [4.69, 9.17) is 9.84 Å². The van der Waals surface area contributed by atoms with Gasteiger partial charge in [0.2, 0.25) is 0 Å². The number of aliphatic hydroxyl groups excluding tert-OH is 1. The molecule has 0 aliphatic heterocycles. The van der Waals surface area contributed by atoms with E-state index >= 15 is 0 Å². The summed E-state index contributed by atoms with van der Waals surface area (Å²) in [5, 5.41) is 8.95. The number of nitrogens with zero attached hydrogens (tertiary/aromatic N) is 2. The fraction of sp³-hybridized carbons (Fsp3) is 0.167. The number of hydrogen-bond acceptors (Lipinski definition) is 4. The van der Waals surface area contributed by atoms with Gasteiger partial charge in [0.05, 0.1) is 18.0 Å². The van der Waals surface area contributed by atoms with Crippen molar-refractivity contribution >= 4 is 0 Å². The lowest BCUT2D eigenvalue weighted by Gasteiger charge is -2.07. The molecule has 0 saturated carbocycles. The molecule has 2 aromatic heterocycles. The van der Waals surface area contributed by atoms with Crippen molar-refractivity contribution in [2.24, 2.45) is 0 Å². The summed E-state index contributed by atoms with van der Waals surface area (Å²) in [7, 11) is 0. The fourth-order valence-corrected chi connectivity index (χ4v) is 1.31. The number of aromatic nitrogens is 2. The van der Waals surface area contributed by atoms with Crippen LogP contribution in [-0.2, 0) is 6.61 Å². The quantitative estimate of drug-likeness (QED) is 0.853. The highest BCUT2D eigenvalue weighted by molar-refractivity contribution is 5.33. The smallest absolute Gasteiger partial charge is 0.148 e. The third kappa shape index (κ3) is 2.35. The van der Waals surface area contributed by atoms with E-state index in [0.717, 1.165) is 5.69 Å². The second-order valence-corrected chi connectivity index (χ2v) is 3.33. The third-order valence-electron chi connectivity index (χ3n) is 2.14. The summed E-state index contributed by atoms with van der Waals surface area (Å²) in [6.07, 6.45) is 3.32. The van der Waals surface area contributed by atoms with Gasteiger partial charge >= 0.3 is 0 Å². The predicted molar refractivity (Wildman–Crippen MR) is 59.2 cm³/mol. The molecule has 82 valence electrons. The number of pyridine rings is 2. The highest BCUT2D eigenvalue weighted by Crippen LogP contribution is 2.23. The van der Waals surface area contributed by atoms with Gasteiger partial charge in [-0.2, -0.15) is 0 Å². The first-order valence-corrected chi connectivity index (χ1v) is 4.95. The van der Waals surface area contributed by atoms with Crippen LogP contribution in [0.25, 0.3) is 0 Å². The van der Waals surface area contributed by atoms with E-state index < -0.39 is 0 Å². The number of rotatable bonds is 3. The minimum atomic E-state index is -0.0940. The molecule has 0 bridgehead atoms. The average molecular weight is 216 g/mol. The molecule has 0 atom stereocenters. The summed E-state index contributed by atoms with van der Waals surface area (Å²) < 4.78 is 5.64. The van der Waals surface area contributed by atoms with Crippen LogP contribution in [0.3, 0.4) is 0 Å². The van der Waals surface area contributed by atoms with Gasteiger partial charge in [0, 0.05) is 18.5 Å². The summed E-state index contributed by atoms with van der Waals surface area (Å²) in [5.41, 5.74) is 1.41. The van der Waals surface area contributed by atoms with E-state index in [-0.39, 0.29) is 6.61 Å². The van der Waals surface area contributed by atoms with Crippen molar-refractivity contribution in [3.8, 4) is 11.5 Å². The molecule has 0 aromatic carbocycles. The van der Waals surface area contributed by atoms with Crippen molar-refractivity contribution in [1.82, 2.24) is 9.97 Å². The van der Waals surface area contributed by atoms with E-state index in [0.29, 0.717) is 17.2 Å². The van der Waals surface area contributed by atoms with Crippen molar-refractivity contribution in [3.05, 3.63) is 48.0 Å². The normalized spacial score (nSPS) is 10.1. The molecule has 0 unspecified atom stereocenters. The Morgan fingerprint density at radius 3 is 2.88 bits per heavy atom. The summed E-state index contributed by atoms with van der Waals surface area (Å²) >= 11 is 0. The van der Waals surface area contributed by atoms with Crippen molar-refractivity contribution < 1.29 is 9.84 Å². The van der Waals surface area contributed by atoms with Gasteiger partial charge in [-0.05, 0) is 25.1 Å². The van der Waals surface area contributed by atoms with Gasteiger partial charge in [-0.1, -0.05) is 0 Å². The Bertz CT molecular complexity index is 486. The Hall–Kier alpha value is -1.94. The first-order chi connectivity index (χ1) is 7.79. The largest absolute Gasteiger partial charge is 0.455 e. The van der Waals surface area contributed by atoms with E-state index in [9.17, 15) is 0 Å². The van der Waals surface area contributed by atoms with Gasteiger partial charge in [0.15, 0.2) is 0 Å². The monoisotopic (exact) mass is 216 g/mol. The lowest BCUT2D eigenvalue weighted by atomic mass is 10.3. The molecule has 0 amide bonds. The SMILES string of the molecule is Cc1ncccc1Oc1ccnc(CO)c1. The molecule has 4 heteroatoms. The maximum Gasteiger partial charge on any atom is 0.148 e. The Morgan fingerprint density at radius 1 is 1.25 bits per heavy atom. The van der Waals surface area contributed by atoms with Gasteiger partial charge in [-0.3, -0.25) is 9.97 Å². The second kappa shape index (κ2) is 4.72. The number of aliphatic hydroxyl groups is 1. The van der Waals surface area contributed by atoms with Crippen LogP contribution in [0.5, 0.6) is 11.5 Å². The Balaban J connectivity index is 2.24. The minimum Gasteiger partial charge on any atom is -0.455 e. The summed E-state index contributed by atoms with van der Waals surface area (Å²) in [6, 6.07) is 7.11. The van der Waals surface area contributed by atoms with Crippen molar-refractivity contribution in [2.75, 3.05) is 0 Å². The summed E-state index contributed by atoms with van der Waals surface area (Å²) in [4.78, 5) is 8.10. The molecule has 2 heterocycles. The molecule has 2 aromatic rings. The Labute approximate surface area is 93.6 Å². The van der Waals surface area contributed by atoms with Gasteiger partial charge in [-0.25, -0.2) is 0 Å². The lowest BCUT2D eigenvalue weighted by Crippen LogP contribution is -1.92. The van der Waals surface area contributed by atoms with Crippen LogP contribution in [0, 0.1) is 6.92 Å². The highest BCUT2D eigenvalue weighted by Gasteiger charge is 2.02. The average Bonchev–Trinajstić information content (AvgIpc) is 2.32. The molecule has 2 rings (SSSR count). The molecular weight excluding hydrogens is 204 g/mol. The molecule has 16 heavy (non-hydrogen) atoms. The van der Waals surface area contributed by atoms with Crippen molar-refractivity contribution in [2.45, 2.75) is 13.5 Å². The van der Waals surface area contributed by atoms with Crippen LogP contribution in [0.1, 0.15) is 11.4 Å². The topological polar surface area (TPSA) is 55.2 Å². The lowest BCUT2D eigenvalue weighted by molar-refractivity contribution is 0.276. The molecular formula is C12H12N2O2. The molecule has 0 spiro atoms. The maximum absolute atomic E-state index is 8.95.